The van der Waals surface area contributed by atoms with Gasteiger partial charge < -0.3 is 10.1 Å². The number of nitrogens with one attached hydrogen (secondary N) is 1. The van der Waals surface area contributed by atoms with Crippen molar-refractivity contribution in [2.75, 3.05) is 11.9 Å². The molecule has 104 valence electrons. The Kier molecular flexibility index (Phi) is 5.04. The largest absolute Gasteiger partial charge is 0.494 e. The van der Waals surface area contributed by atoms with Crippen molar-refractivity contribution >= 4 is 39.1 Å². The summed E-state index contributed by atoms with van der Waals surface area (Å²) in [6.07, 6.45) is 0. The van der Waals surface area contributed by atoms with E-state index in [0.29, 0.717) is 22.9 Å². The summed E-state index contributed by atoms with van der Waals surface area (Å²) in [4.78, 5) is 12.2. The average Bonchev–Trinajstić information content (AvgIpc) is 2.44. The predicted octanol–water partition coefficient (Wildman–Crippen LogP) is 4.75. The third kappa shape index (κ3) is 3.74. The Morgan fingerprint density at radius 2 is 1.95 bits per heavy atom. The lowest BCUT2D eigenvalue weighted by Crippen LogP contribution is -2.12. The van der Waals surface area contributed by atoms with Crippen molar-refractivity contribution in [1.29, 1.82) is 0 Å². The third-order valence-electron chi connectivity index (χ3n) is 2.60. The summed E-state index contributed by atoms with van der Waals surface area (Å²) in [6, 6.07) is 12.3. The van der Waals surface area contributed by atoms with Crippen LogP contribution >= 0.6 is 27.5 Å². The molecule has 0 saturated heterocycles. The van der Waals surface area contributed by atoms with Gasteiger partial charge >= 0.3 is 0 Å². The number of ether oxygens (including phenoxy) is 1. The molecule has 0 bridgehead atoms. The molecule has 1 amide bonds. The van der Waals surface area contributed by atoms with Crippen LogP contribution in [0.15, 0.2) is 46.9 Å². The smallest absolute Gasteiger partial charge is 0.257 e. The van der Waals surface area contributed by atoms with E-state index < -0.39 is 0 Å². The van der Waals surface area contributed by atoms with Crippen LogP contribution in [0.2, 0.25) is 5.02 Å². The summed E-state index contributed by atoms with van der Waals surface area (Å²) in [5.74, 6) is 0.520. The SMILES string of the molecule is CCOc1ccc(NC(=O)c2cc(Br)ccc2Cl)cc1. The van der Waals surface area contributed by atoms with Crippen molar-refractivity contribution in [2.45, 2.75) is 6.92 Å². The number of carbonyl (C=O) groups is 1. The van der Waals surface area contributed by atoms with Crippen molar-refractivity contribution in [3.63, 3.8) is 0 Å². The van der Waals surface area contributed by atoms with Crippen LogP contribution in [-0.4, -0.2) is 12.5 Å². The Hall–Kier alpha value is -1.52. The fourth-order valence-corrected chi connectivity index (χ4v) is 2.24. The monoisotopic (exact) mass is 353 g/mol. The highest BCUT2D eigenvalue weighted by Gasteiger charge is 2.11. The number of carbonyl (C=O) groups excluding carboxylic acids is 1. The van der Waals surface area contributed by atoms with Crippen LogP contribution in [0.3, 0.4) is 0 Å². The lowest BCUT2D eigenvalue weighted by Gasteiger charge is -2.08. The van der Waals surface area contributed by atoms with E-state index in [2.05, 4.69) is 21.2 Å². The van der Waals surface area contributed by atoms with E-state index in [1.807, 2.05) is 19.1 Å². The number of amides is 1. The minimum Gasteiger partial charge on any atom is -0.494 e. The van der Waals surface area contributed by atoms with Gasteiger partial charge in [-0.2, -0.15) is 0 Å². The van der Waals surface area contributed by atoms with Gasteiger partial charge in [0.1, 0.15) is 5.75 Å². The highest BCUT2D eigenvalue weighted by molar-refractivity contribution is 9.10. The van der Waals surface area contributed by atoms with E-state index in [-0.39, 0.29) is 5.91 Å². The van der Waals surface area contributed by atoms with Crippen LogP contribution in [0.1, 0.15) is 17.3 Å². The summed E-state index contributed by atoms with van der Waals surface area (Å²) in [5, 5.41) is 3.21. The molecule has 2 rings (SSSR count). The second-order valence-electron chi connectivity index (χ2n) is 4.04. The molecule has 0 unspecified atom stereocenters. The lowest BCUT2D eigenvalue weighted by molar-refractivity contribution is 0.102. The van der Waals surface area contributed by atoms with Gasteiger partial charge in [-0.05, 0) is 49.4 Å². The first-order chi connectivity index (χ1) is 9.60. The first-order valence-corrected chi connectivity index (χ1v) is 7.26. The molecule has 0 atom stereocenters. The average molecular weight is 355 g/mol. The van der Waals surface area contributed by atoms with Gasteiger partial charge in [-0.3, -0.25) is 4.79 Å². The standard InChI is InChI=1S/C15H13BrClNO2/c1-2-20-12-6-4-11(5-7-12)18-15(19)13-9-10(16)3-8-14(13)17/h3-9H,2H2,1H3,(H,18,19). The third-order valence-corrected chi connectivity index (χ3v) is 3.42. The predicted molar refractivity (Wildman–Crippen MR) is 84.7 cm³/mol. The van der Waals surface area contributed by atoms with Gasteiger partial charge in [-0.15, -0.1) is 0 Å². The second kappa shape index (κ2) is 6.77. The molecule has 0 aliphatic heterocycles. The van der Waals surface area contributed by atoms with Crippen molar-refractivity contribution in [1.82, 2.24) is 0 Å². The van der Waals surface area contributed by atoms with Gasteiger partial charge in [0, 0.05) is 10.2 Å². The van der Waals surface area contributed by atoms with Crippen molar-refractivity contribution in [3.8, 4) is 5.75 Å². The molecule has 3 nitrogen and oxygen atoms in total. The highest BCUT2D eigenvalue weighted by Crippen LogP contribution is 2.23. The van der Waals surface area contributed by atoms with Gasteiger partial charge in [0.2, 0.25) is 0 Å². The number of benzene rings is 2. The number of halogens is 2. The molecule has 0 radical (unpaired) electrons. The van der Waals surface area contributed by atoms with Crippen LogP contribution in [0.25, 0.3) is 0 Å². The molecule has 0 aliphatic rings. The maximum Gasteiger partial charge on any atom is 0.257 e. The molecule has 1 N–H and O–H groups in total. The lowest BCUT2D eigenvalue weighted by atomic mass is 10.2. The van der Waals surface area contributed by atoms with Crippen LogP contribution in [-0.2, 0) is 0 Å². The van der Waals surface area contributed by atoms with Crippen LogP contribution in [0, 0.1) is 0 Å². The van der Waals surface area contributed by atoms with Crippen LogP contribution in [0.5, 0.6) is 5.75 Å². The number of hydrogen-bond acceptors (Lipinski definition) is 2. The fourth-order valence-electron chi connectivity index (χ4n) is 1.67. The zero-order valence-corrected chi connectivity index (χ0v) is 13.2. The summed E-state index contributed by atoms with van der Waals surface area (Å²) in [6.45, 7) is 2.53. The summed E-state index contributed by atoms with van der Waals surface area (Å²) in [5.41, 5.74) is 1.12. The van der Waals surface area contributed by atoms with Gasteiger partial charge in [-0.1, -0.05) is 27.5 Å². The molecule has 0 fully saturated rings. The van der Waals surface area contributed by atoms with Gasteiger partial charge in [-0.25, -0.2) is 0 Å². The van der Waals surface area contributed by atoms with E-state index >= 15 is 0 Å². The Bertz CT molecular complexity index is 614. The van der Waals surface area contributed by atoms with Crippen molar-refractivity contribution in [2.24, 2.45) is 0 Å². The van der Waals surface area contributed by atoms with E-state index in [9.17, 15) is 4.79 Å². The Morgan fingerprint density at radius 3 is 2.60 bits per heavy atom. The van der Waals surface area contributed by atoms with E-state index in [4.69, 9.17) is 16.3 Å². The highest BCUT2D eigenvalue weighted by atomic mass is 79.9. The quantitative estimate of drug-likeness (QED) is 0.860. The van der Waals surface area contributed by atoms with Crippen LogP contribution < -0.4 is 10.1 Å². The maximum absolute atomic E-state index is 12.2. The minimum absolute atomic E-state index is 0.250. The summed E-state index contributed by atoms with van der Waals surface area (Å²) >= 11 is 9.34. The van der Waals surface area contributed by atoms with Gasteiger partial charge in [0.05, 0.1) is 17.2 Å². The van der Waals surface area contributed by atoms with E-state index in [0.717, 1.165) is 10.2 Å². The Balaban J connectivity index is 2.13. The number of rotatable bonds is 4. The summed E-state index contributed by atoms with van der Waals surface area (Å²) in [7, 11) is 0. The molecule has 0 saturated carbocycles. The molecule has 2 aromatic carbocycles. The maximum atomic E-state index is 12.2. The molecular weight excluding hydrogens is 342 g/mol. The fraction of sp³-hybridized carbons (Fsp3) is 0.133. The molecule has 0 heterocycles. The minimum atomic E-state index is -0.250. The van der Waals surface area contributed by atoms with Crippen molar-refractivity contribution in [3.05, 3.63) is 57.5 Å². The Labute approximate surface area is 131 Å². The molecular formula is C15H13BrClNO2. The van der Waals surface area contributed by atoms with Crippen molar-refractivity contribution < 1.29 is 9.53 Å². The summed E-state index contributed by atoms with van der Waals surface area (Å²) < 4.78 is 6.15. The van der Waals surface area contributed by atoms with Crippen LogP contribution in [0.4, 0.5) is 5.69 Å². The van der Waals surface area contributed by atoms with E-state index in [1.165, 1.54) is 0 Å². The molecule has 0 aliphatic carbocycles. The zero-order chi connectivity index (χ0) is 14.5. The molecule has 20 heavy (non-hydrogen) atoms. The second-order valence-corrected chi connectivity index (χ2v) is 5.36. The molecule has 0 spiro atoms. The first-order valence-electron chi connectivity index (χ1n) is 6.09. The number of hydrogen-bond donors (Lipinski definition) is 1. The van der Waals surface area contributed by atoms with E-state index in [1.54, 1.807) is 30.3 Å². The Morgan fingerprint density at radius 1 is 1.25 bits per heavy atom. The first kappa shape index (κ1) is 14.9. The molecule has 2 aromatic rings. The normalized spacial score (nSPS) is 10.2. The van der Waals surface area contributed by atoms with Gasteiger partial charge in [0.15, 0.2) is 0 Å². The topological polar surface area (TPSA) is 38.3 Å². The molecule has 0 aromatic heterocycles. The van der Waals surface area contributed by atoms with Gasteiger partial charge in [0.25, 0.3) is 5.91 Å². The molecule has 5 heteroatoms. The zero-order valence-electron chi connectivity index (χ0n) is 10.8. The number of anilines is 1.